The minimum absolute atomic E-state index is 0.147. The number of rotatable bonds is 4. The van der Waals surface area contributed by atoms with E-state index in [9.17, 15) is 13.2 Å². The minimum atomic E-state index is -4.30. The molecule has 0 aliphatic heterocycles. The molecular weight excluding hydrogens is 291 g/mol. The molecule has 0 N–H and O–H groups in total. The van der Waals surface area contributed by atoms with Gasteiger partial charge in [-0.2, -0.15) is 18.4 Å². The van der Waals surface area contributed by atoms with Crippen LogP contribution in [0.2, 0.25) is 0 Å². The van der Waals surface area contributed by atoms with Crippen LogP contribution < -0.4 is 0 Å². The van der Waals surface area contributed by atoms with E-state index in [0.29, 0.717) is 12.5 Å². The second-order valence-corrected chi connectivity index (χ2v) is 5.53. The molecule has 0 atom stereocenters. The van der Waals surface area contributed by atoms with Gasteiger partial charge in [0.15, 0.2) is 0 Å². The summed E-state index contributed by atoms with van der Waals surface area (Å²) in [6.45, 7) is 0.335. The molecule has 0 radical (unpaired) electrons. The molecule has 22 heavy (non-hydrogen) atoms. The van der Waals surface area contributed by atoms with E-state index >= 15 is 0 Å². The third-order valence-corrected chi connectivity index (χ3v) is 3.93. The number of alkyl halides is 3. The standard InChI is InChI=1S/C17H18F3NO/c18-17(19,20)15-7-3-14(4-8-15)12-22-16-9-5-13(6-10-16)2-1-11-21/h1-4,7-8,13,16H,5-6,9-10,12H2. The van der Waals surface area contributed by atoms with Crippen LogP contribution in [-0.4, -0.2) is 6.10 Å². The van der Waals surface area contributed by atoms with E-state index in [4.69, 9.17) is 10.00 Å². The van der Waals surface area contributed by atoms with Crippen molar-refractivity contribution in [2.75, 3.05) is 0 Å². The first-order valence-electron chi connectivity index (χ1n) is 7.33. The van der Waals surface area contributed by atoms with Crippen molar-refractivity contribution in [3.63, 3.8) is 0 Å². The molecule has 2 rings (SSSR count). The van der Waals surface area contributed by atoms with Crippen molar-refractivity contribution < 1.29 is 17.9 Å². The Morgan fingerprint density at radius 2 is 1.77 bits per heavy atom. The highest BCUT2D eigenvalue weighted by molar-refractivity contribution is 5.24. The fourth-order valence-corrected chi connectivity index (χ4v) is 2.63. The third kappa shape index (κ3) is 4.88. The number of hydrogen-bond acceptors (Lipinski definition) is 2. The van der Waals surface area contributed by atoms with Crippen molar-refractivity contribution in [1.82, 2.24) is 0 Å². The van der Waals surface area contributed by atoms with E-state index < -0.39 is 11.7 Å². The predicted octanol–water partition coefficient (Wildman–Crippen LogP) is 4.86. The lowest BCUT2D eigenvalue weighted by Crippen LogP contribution is -2.20. The van der Waals surface area contributed by atoms with Gasteiger partial charge in [-0.3, -0.25) is 0 Å². The fourth-order valence-electron chi connectivity index (χ4n) is 2.63. The third-order valence-electron chi connectivity index (χ3n) is 3.93. The SMILES string of the molecule is N#CC=CC1CCC(OCc2ccc(C(F)(F)F)cc2)CC1. The number of allylic oxidation sites excluding steroid dienone is 2. The van der Waals surface area contributed by atoms with Crippen molar-refractivity contribution in [3.8, 4) is 6.07 Å². The summed E-state index contributed by atoms with van der Waals surface area (Å²) in [6.07, 6.45) is 3.11. The molecule has 5 heteroatoms. The molecule has 0 unspecified atom stereocenters. The van der Waals surface area contributed by atoms with Gasteiger partial charge in [-0.15, -0.1) is 0 Å². The number of halogens is 3. The van der Waals surface area contributed by atoms with Gasteiger partial charge in [-0.05, 0) is 49.3 Å². The topological polar surface area (TPSA) is 33.0 Å². The number of nitriles is 1. The first-order valence-corrected chi connectivity index (χ1v) is 7.33. The first-order chi connectivity index (χ1) is 10.5. The van der Waals surface area contributed by atoms with E-state index in [1.54, 1.807) is 0 Å². The van der Waals surface area contributed by atoms with Gasteiger partial charge in [0, 0.05) is 6.08 Å². The Bertz CT molecular complexity index is 535. The Kier molecular flexibility index (Phi) is 5.62. The predicted molar refractivity (Wildman–Crippen MR) is 76.7 cm³/mol. The van der Waals surface area contributed by atoms with Gasteiger partial charge in [-0.1, -0.05) is 18.2 Å². The molecule has 1 fully saturated rings. The van der Waals surface area contributed by atoms with Crippen molar-refractivity contribution in [2.24, 2.45) is 5.92 Å². The van der Waals surface area contributed by atoms with Crippen LogP contribution >= 0.6 is 0 Å². The summed E-state index contributed by atoms with van der Waals surface area (Å²) in [6, 6.07) is 7.09. The Labute approximate surface area is 128 Å². The largest absolute Gasteiger partial charge is 0.416 e. The highest BCUT2D eigenvalue weighted by Crippen LogP contribution is 2.30. The van der Waals surface area contributed by atoms with Crippen LogP contribution in [-0.2, 0) is 17.5 Å². The van der Waals surface area contributed by atoms with Crippen molar-refractivity contribution in [3.05, 3.63) is 47.5 Å². The van der Waals surface area contributed by atoms with Gasteiger partial charge in [0.2, 0.25) is 0 Å². The molecule has 1 aromatic rings. The highest BCUT2D eigenvalue weighted by Gasteiger charge is 2.30. The smallest absolute Gasteiger partial charge is 0.374 e. The van der Waals surface area contributed by atoms with Crippen molar-refractivity contribution >= 4 is 0 Å². The average Bonchev–Trinajstić information content (AvgIpc) is 2.51. The minimum Gasteiger partial charge on any atom is -0.374 e. The maximum atomic E-state index is 12.5. The fraction of sp³-hybridized carbons (Fsp3) is 0.471. The van der Waals surface area contributed by atoms with Crippen LogP contribution in [0.25, 0.3) is 0 Å². The van der Waals surface area contributed by atoms with E-state index in [-0.39, 0.29) is 6.10 Å². The summed E-state index contributed by atoms with van der Waals surface area (Å²) in [5.74, 6) is 0.436. The number of hydrogen-bond donors (Lipinski definition) is 0. The monoisotopic (exact) mass is 309 g/mol. The van der Waals surface area contributed by atoms with E-state index in [0.717, 1.165) is 43.4 Å². The molecule has 0 amide bonds. The maximum Gasteiger partial charge on any atom is 0.416 e. The quantitative estimate of drug-likeness (QED) is 0.744. The lowest BCUT2D eigenvalue weighted by atomic mass is 9.87. The molecular formula is C17H18F3NO. The number of benzene rings is 1. The van der Waals surface area contributed by atoms with Gasteiger partial charge in [0.05, 0.1) is 24.3 Å². The van der Waals surface area contributed by atoms with Crippen LogP contribution in [0.4, 0.5) is 13.2 Å². The Morgan fingerprint density at radius 3 is 2.32 bits per heavy atom. The Balaban J connectivity index is 1.77. The normalized spacial score (nSPS) is 22.6. The molecule has 0 spiro atoms. The van der Waals surface area contributed by atoms with E-state index in [1.807, 2.05) is 12.1 Å². The zero-order valence-electron chi connectivity index (χ0n) is 12.1. The Morgan fingerprint density at radius 1 is 1.14 bits per heavy atom. The summed E-state index contributed by atoms with van der Waals surface area (Å²) in [5.41, 5.74) is 0.112. The number of nitrogens with zero attached hydrogens (tertiary/aromatic N) is 1. The Hall–Kier alpha value is -1.80. The molecule has 0 heterocycles. The summed E-state index contributed by atoms with van der Waals surface area (Å²) in [4.78, 5) is 0. The number of ether oxygens (including phenoxy) is 1. The molecule has 118 valence electrons. The molecule has 1 aliphatic carbocycles. The second kappa shape index (κ2) is 7.46. The van der Waals surface area contributed by atoms with Crippen LogP contribution in [0.1, 0.15) is 36.8 Å². The molecule has 1 aromatic carbocycles. The summed E-state index contributed by atoms with van der Waals surface area (Å²) in [7, 11) is 0. The maximum absolute atomic E-state index is 12.5. The molecule has 0 aromatic heterocycles. The molecule has 0 bridgehead atoms. The van der Waals surface area contributed by atoms with Crippen LogP contribution in [0, 0.1) is 17.2 Å². The highest BCUT2D eigenvalue weighted by atomic mass is 19.4. The summed E-state index contributed by atoms with van der Waals surface area (Å²) in [5, 5.41) is 8.50. The van der Waals surface area contributed by atoms with Crippen LogP contribution in [0.5, 0.6) is 0 Å². The van der Waals surface area contributed by atoms with Gasteiger partial charge < -0.3 is 4.74 Å². The van der Waals surface area contributed by atoms with Crippen LogP contribution in [0.15, 0.2) is 36.4 Å². The van der Waals surface area contributed by atoms with Crippen LogP contribution in [0.3, 0.4) is 0 Å². The lowest BCUT2D eigenvalue weighted by molar-refractivity contribution is -0.137. The first kappa shape index (κ1) is 16.6. The van der Waals surface area contributed by atoms with Gasteiger partial charge in [0.1, 0.15) is 0 Å². The molecule has 0 saturated heterocycles. The molecule has 1 saturated carbocycles. The average molecular weight is 309 g/mol. The van der Waals surface area contributed by atoms with Gasteiger partial charge >= 0.3 is 6.18 Å². The molecule has 2 nitrogen and oxygen atoms in total. The van der Waals surface area contributed by atoms with Gasteiger partial charge in [0.25, 0.3) is 0 Å². The van der Waals surface area contributed by atoms with Crippen molar-refractivity contribution in [1.29, 1.82) is 5.26 Å². The van der Waals surface area contributed by atoms with E-state index in [2.05, 4.69) is 0 Å². The zero-order chi connectivity index (χ0) is 16.0. The molecule has 1 aliphatic rings. The lowest BCUT2D eigenvalue weighted by Gasteiger charge is -2.26. The van der Waals surface area contributed by atoms with Gasteiger partial charge in [-0.25, -0.2) is 0 Å². The summed E-state index contributed by atoms with van der Waals surface area (Å²) >= 11 is 0. The summed E-state index contributed by atoms with van der Waals surface area (Å²) < 4.78 is 43.2. The zero-order valence-corrected chi connectivity index (χ0v) is 12.1. The second-order valence-electron chi connectivity index (χ2n) is 5.53. The van der Waals surface area contributed by atoms with E-state index in [1.165, 1.54) is 18.2 Å². The van der Waals surface area contributed by atoms with Crippen molar-refractivity contribution in [2.45, 2.75) is 44.6 Å².